The lowest BCUT2D eigenvalue weighted by molar-refractivity contribution is -0.115. The molecule has 0 aliphatic carbocycles. The molecule has 1 aliphatic rings. The van der Waals surface area contributed by atoms with Crippen molar-refractivity contribution in [3.63, 3.8) is 0 Å². The van der Waals surface area contributed by atoms with Crippen molar-refractivity contribution in [3.05, 3.63) is 63.9 Å². The molecule has 2 aromatic carbocycles. The van der Waals surface area contributed by atoms with Gasteiger partial charge >= 0.3 is 0 Å². The summed E-state index contributed by atoms with van der Waals surface area (Å²) in [4.78, 5) is 13.8. The number of rotatable bonds is 2. The lowest BCUT2D eigenvalue weighted by Gasteiger charge is -2.25. The van der Waals surface area contributed by atoms with E-state index in [4.69, 9.17) is 23.2 Å². The van der Waals surface area contributed by atoms with E-state index in [0.29, 0.717) is 21.5 Å². The van der Waals surface area contributed by atoms with Crippen LogP contribution in [0.25, 0.3) is 0 Å². The summed E-state index contributed by atoms with van der Waals surface area (Å²) in [6.45, 7) is 0. The number of benzene rings is 2. The van der Waals surface area contributed by atoms with Gasteiger partial charge in [0.05, 0.1) is 5.75 Å². The molecule has 1 heterocycles. The van der Waals surface area contributed by atoms with E-state index < -0.39 is 0 Å². The zero-order valence-electron chi connectivity index (χ0n) is 10.7. The largest absolute Gasteiger partial charge is 0.295 e. The minimum Gasteiger partial charge on any atom is -0.295 e. The number of hydrogen-bond donors (Lipinski definition) is 0. The molecule has 0 radical (unpaired) electrons. The molecule has 21 heavy (non-hydrogen) atoms. The summed E-state index contributed by atoms with van der Waals surface area (Å²) in [5, 5.41) is 0.834. The number of carbonyl (C=O) groups excluding carboxylic acids is 1. The van der Waals surface area contributed by atoms with Gasteiger partial charge in [-0.1, -0.05) is 29.3 Å². The van der Waals surface area contributed by atoms with Crippen molar-refractivity contribution < 1.29 is 9.18 Å². The second-order valence-corrected chi connectivity index (χ2v) is 6.48. The van der Waals surface area contributed by atoms with Gasteiger partial charge in [-0.3, -0.25) is 9.69 Å². The van der Waals surface area contributed by atoms with Crippen molar-refractivity contribution in [1.82, 2.24) is 0 Å². The van der Waals surface area contributed by atoms with Crippen molar-refractivity contribution in [3.8, 4) is 0 Å². The van der Waals surface area contributed by atoms with Crippen LogP contribution in [-0.2, 0) is 4.79 Å². The van der Waals surface area contributed by atoms with Gasteiger partial charge in [-0.2, -0.15) is 0 Å². The third kappa shape index (κ3) is 2.89. The Balaban J connectivity index is 2.01. The second kappa shape index (κ2) is 5.87. The monoisotopic (exact) mass is 341 g/mol. The summed E-state index contributed by atoms with van der Waals surface area (Å²) >= 11 is 13.6. The van der Waals surface area contributed by atoms with Crippen LogP contribution in [0.3, 0.4) is 0 Å². The van der Waals surface area contributed by atoms with Crippen LogP contribution < -0.4 is 4.90 Å². The third-order valence-corrected chi connectivity index (χ3v) is 4.96. The average molecular weight is 342 g/mol. The number of anilines is 1. The molecule has 1 atom stereocenters. The molecule has 2 nitrogen and oxygen atoms in total. The Labute approximate surface area is 135 Å². The van der Waals surface area contributed by atoms with Gasteiger partial charge in [-0.25, -0.2) is 4.39 Å². The predicted molar refractivity (Wildman–Crippen MR) is 85.5 cm³/mol. The third-order valence-electron chi connectivity index (χ3n) is 3.20. The van der Waals surface area contributed by atoms with E-state index in [0.717, 1.165) is 5.56 Å². The molecule has 0 saturated carbocycles. The Hall–Kier alpha value is -1.23. The van der Waals surface area contributed by atoms with Gasteiger partial charge in [0, 0.05) is 21.3 Å². The van der Waals surface area contributed by atoms with Crippen molar-refractivity contribution in [2.75, 3.05) is 10.7 Å². The summed E-state index contributed by atoms with van der Waals surface area (Å²) in [7, 11) is 0. The van der Waals surface area contributed by atoms with Crippen LogP contribution in [0, 0.1) is 5.82 Å². The Morgan fingerprint density at radius 1 is 1.14 bits per heavy atom. The molecule has 108 valence electrons. The van der Waals surface area contributed by atoms with Gasteiger partial charge in [-0.05, 0) is 36.4 Å². The fourth-order valence-corrected chi connectivity index (χ4v) is 4.03. The molecule has 1 fully saturated rings. The molecule has 1 saturated heterocycles. The molecule has 0 aromatic heterocycles. The summed E-state index contributed by atoms with van der Waals surface area (Å²) in [6, 6.07) is 11.1. The zero-order chi connectivity index (χ0) is 15.0. The van der Waals surface area contributed by atoms with E-state index in [1.54, 1.807) is 29.2 Å². The van der Waals surface area contributed by atoms with E-state index in [2.05, 4.69) is 0 Å². The van der Waals surface area contributed by atoms with Crippen LogP contribution in [0.5, 0.6) is 0 Å². The zero-order valence-corrected chi connectivity index (χ0v) is 13.1. The van der Waals surface area contributed by atoms with Crippen molar-refractivity contribution >= 4 is 46.6 Å². The first-order valence-corrected chi connectivity index (χ1v) is 8.01. The molecular formula is C15H10Cl2FNOS. The Morgan fingerprint density at radius 3 is 2.52 bits per heavy atom. The van der Waals surface area contributed by atoms with E-state index in [-0.39, 0.29) is 17.1 Å². The molecule has 0 spiro atoms. The Morgan fingerprint density at radius 2 is 1.86 bits per heavy atom. The Bertz CT molecular complexity index is 693. The first-order chi connectivity index (χ1) is 10.1. The number of thioether (sulfide) groups is 1. The number of hydrogen-bond acceptors (Lipinski definition) is 2. The first-order valence-electron chi connectivity index (χ1n) is 6.20. The van der Waals surface area contributed by atoms with Crippen LogP contribution in [0.4, 0.5) is 10.1 Å². The maximum atomic E-state index is 13.1. The standard InChI is InChI=1S/C15H10Cl2FNOS/c16-9-1-6-12(13(17)7-9)15-19(14(20)8-21-15)11-4-2-10(18)3-5-11/h1-7,15H,8H2/t15-/m0/s1. The van der Waals surface area contributed by atoms with Crippen LogP contribution in [0.1, 0.15) is 10.9 Å². The highest BCUT2D eigenvalue weighted by atomic mass is 35.5. The summed E-state index contributed by atoms with van der Waals surface area (Å²) < 4.78 is 13.1. The number of halogens is 3. The van der Waals surface area contributed by atoms with Crippen LogP contribution in [0.2, 0.25) is 10.0 Å². The first kappa shape index (κ1) is 14.7. The minimum absolute atomic E-state index is 0.0253. The van der Waals surface area contributed by atoms with Gasteiger partial charge in [0.2, 0.25) is 5.91 Å². The molecule has 3 rings (SSSR count). The SMILES string of the molecule is O=C1CS[C@@H](c2ccc(Cl)cc2Cl)N1c1ccc(F)cc1. The molecular weight excluding hydrogens is 332 g/mol. The van der Waals surface area contributed by atoms with Crippen molar-refractivity contribution in [2.24, 2.45) is 0 Å². The predicted octanol–water partition coefficient (Wildman–Crippen LogP) is 4.91. The summed E-state index contributed by atoms with van der Waals surface area (Å²) in [6.07, 6.45) is 0. The number of carbonyl (C=O) groups is 1. The second-order valence-electron chi connectivity index (χ2n) is 4.57. The molecule has 2 aromatic rings. The molecule has 0 N–H and O–H groups in total. The molecule has 0 unspecified atom stereocenters. The topological polar surface area (TPSA) is 20.3 Å². The molecule has 6 heteroatoms. The van der Waals surface area contributed by atoms with E-state index >= 15 is 0 Å². The maximum Gasteiger partial charge on any atom is 0.238 e. The highest BCUT2D eigenvalue weighted by molar-refractivity contribution is 8.00. The lowest BCUT2D eigenvalue weighted by atomic mass is 10.2. The van der Waals surface area contributed by atoms with Gasteiger partial charge in [0.1, 0.15) is 11.2 Å². The van der Waals surface area contributed by atoms with E-state index in [1.807, 2.05) is 6.07 Å². The highest BCUT2D eigenvalue weighted by Gasteiger charge is 2.35. The minimum atomic E-state index is -0.334. The Kier molecular flexibility index (Phi) is 4.11. The average Bonchev–Trinajstić information content (AvgIpc) is 2.82. The van der Waals surface area contributed by atoms with Crippen molar-refractivity contribution in [2.45, 2.75) is 5.37 Å². The molecule has 1 amide bonds. The number of nitrogens with zero attached hydrogens (tertiary/aromatic N) is 1. The maximum absolute atomic E-state index is 13.1. The smallest absolute Gasteiger partial charge is 0.238 e. The molecule has 1 aliphatic heterocycles. The van der Waals surface area contributed by atoms with Gasteiger partial charge in [0.15, 0.2) is 0 Å². The van der Waals surface area contributed by atoms with Crippen LogP contribution in [-0.4, -0.2) is 11.7 Å². The number of amides is 1. The normalized spacial score (nSPS) is 18.3. The highest BCUT2D eigenvalue weighted by Crippen LogP contribution is 2.44. The van der Waals surface area contributed by atoms with Gasteiger partial charge < -0.3 is 0 Å². The molecule has 0 bridgehead atoms. The van der Waals surface area contributed by atoms with E-state index in [1.165, 1.54) is 23.9 Å². The quantitative estimate of drug-likeness (QED) is 0.773. The van der Waals surface area contributed by atoms with Gasteiger partial charge in [-0.15, -0.1) is 11.8 Å². The fraction of sp³-hybridized carbons (Fsp3) is 0.133. The summed E-state index contributed by atoms with van der Waals surface area (Å²) in [5.41, 5.74) is 1.48. The van der Waals surface area contributed by atoms with E-state index in [9.17, 15) is 9.18 Å². The summed E-state index contributed by atoms with van der Waals surface area (Å²) in [5.74, 6) is 0.00261. The van der Waals surface area contributed by atoms with Gasteiger partial charge in [0.25, 0.3) is 0 Å². The van der Waals surface area contributed by atoms with Crippen molar-refractivity contribution in [1.29, 1.82) is 0 Å². The lowest BCUT2D eigenvalue weighted by Crippen LogP contribution is -2.27. The van der Waals surface area contributed by atoms with Crippen LogP contribution in [0.15, 0.2) is 42.5 Å². The fourth-order valence-electron chi connectivity index (χ4n) is 2.24. The van der Waals surface area contributed by atoms with Crippen LogP contribution >= 0.6 is 35.0 Å².